The Morgan fingerprint density at radius 2 is 1.98 bits per heavy atom. The molecule has 4 aromatic rings. The third kappa shape index (κ3) is 5.43. The average Bonchev–Trinajstić information content (AvgIpc) is 3.74. The van der Waals surface area contributed by atoms with E-state index in [4.69, 9.17) is 32.9 Å². The van der Waals surface area contributed by atoms with Crippen molar-refractivity contribution < 1.29 is 14.3 Å². The largest absolute Gasteiger partial charge is 0.444 e. The van der Waals surface area contributed by atoms with Gasteiger partial charge in [0.05, 0.1) is 45.3 Å². The highest BCUT2D eigenvalue weighted by Gasteiger charge is 2.56. The van der Waals surface area contributed by atoms with Gasteiger partial charge in [-0.3, -0.25) is 4.98 Å². The number of halogens is 2. The number of nitriles is 1. The molecule has 9 nitrogen and oxygen atoms in total. The van der Waals surface area contributed by atoms with Gasteiger partial charge in [-0.1, -0.05) is 35.3 Å². The van der Waals surface area contributed by atoms with E-state index in [0.717, 1.165) is 62.7 Å². The van der Waals surface area contributed by atoms with Crippen molar-refractivity contribution in [3.63, 3.8) is 0 Å². The molecule has 4 aliphatic rings. The Kier molecular flexibility index (Phi) is 8.24. The fourth-order valence-corrected chi connectivity index (χ4v) is 8.34. The molecule has 5 heterocycles. The second-order valence-corrected chi connectivity index (χ2v) is 15.1. The molecule has 3 saturated heterocycles. The number of fused-ring (bicyclic) bond motifs is 4. The summed E-state index contributed by atoms with van der Waals surface area (Å²) < 4.78 is 8.24. The standard InChI is InChI=1S/C37H40Cl2N6O3/c1-20-25-18-30(21(2)43-14-8-13-41-35(43)46)45(33-23-16-31(33)44(19-23)36(47)48-37(3,4)5)34(25)27-15-22(9-7-12-40)26(17-29(27)42-20)24-10-6-11-28(38)32(24)39/h6,10-11,15,17-18,21,23,31,33H,7-9,13-14,16,19H2,1-5H3,(H,41,46)/t21-,23-,31-,33+/m1/s1. The van der Waals surface area contributed by atoms with Gasteiger partial charge in [0.1, 0.15) is 5.60 Å². The summed E-state index contributed by atoms with van der Waals surface area (Å²) in [5.74, 6) is 0.241. The number of amides is 3. The van der Waals surface area contributed by atoms with Crippen molar-refractivity contribution in [2.45, 2.75) is 84.0 Å². The Morgan fingerprint density at radius 3 is 2.71 bits per heavy atom. The highest BCUT2D eigenvalue weighted by molar-refractivity contribution is 6.43. The lowest BCUT2D eigenvalue weighted by Crippen LogP contribution is -2.48. The number of hydrogen-bond acceptors (Lipinski definition) is 5. The van der Waals surface area contributed by atoms with Crippen LogP contribution in [0.2, 0.25) is 10.0 Å². The number of nitrogens with one attached hydrogen (secondary N) is 1. The van der Waals surface area contributed by atoms with Gasteiger partial charge in [-0.25, -0.2) is 9.59 Å². The fraction of sp³-hybridized carbons (Fsp3) is 0.459. The van der Waals surface area contributed by atoms with E-state index in [1.165, 1.54) is 0 Å². The lowest BCUT2D eigenvalue weighted by molar-refractivity contribution is 0.0208. The van der Waals surface area contributed by atoms with E-state index in [0.29, 0.717) is 42.5 Å². The van der Waals surface area contributed by atoms with Crippen LogP contribution in [0.3, 0.4) is 0 Å². The number of ether oxygens (including phenoxy) is 1. The number of aryl methyl sites for hydroxylation is 2. The molecule has 8 rings (SSSR count). The molecule has 3 amide bonds. The zero-order valence-electron chi connectivity index (χ0n) is 27.9. The van der Waals surface area contributed by atoms with Gasteiger partial charge in [-0.05, 0) is 89.3 Å². The summed E-state index contributed by atoms with van der Waals surface area (Å²) in [6.45, 7) is 11.7. The van der Waals surface area contributed by atoms with Crippen LogP contribution in [0, 0.1) is 24.2 Å². The van der Waals surface area contributed by atoms with Crippen molar-refractivity contribution in [1.82, 2.24) is 24.7 Å². The number of carbonyl (C=O) groups is 2. The quantitative estimate of drug-likeness (QED) is 0.219. The van der Waals surface area contributed by atoms with E-state index < -0.39 is 5.60 Å². The highest BCUT2D eigenvalue weighted by atomic mass is 35.5. The van der Waals surface area contributed by atoms with Crippen LogP contribution >= 0.6 is 23.2 Å². The topological polar surface area (TPSA) is 103 Å². The zero-order chi connectivity index (χ0) is 34.1. The number of aromatic nitrogens is 2. The van der Waals surface area contributed by atoms with Crippen LogP contribution in [-0.2, 0) is 11.2 Å². The van der Waals surface area contributed by atoms with Crippen LogP contribution in [0.25, 0.3) is 32.9 Å². The maximum Gasteiger partial charge on any atom is 0.410 e. The molecule has 4 fully saturated rings. The van der Waals surface area contributed by atoms with Crippen LogP contribution in [-0.4, -0.2) is 62.8 Å². The van der Waals surface area contributed by atoms with Gasteiger partial charge in [0.15, 0.2) is 0 Å². The van der Waals surface area contributed by atoms with Crippen molar-refractivity contribution in [1.29, 1.82) is 5.26 Å². The molecule has 0 unspecified atom stereocenters. The van der Waals surface area contributed by atoms with Crippen LogP contribution in [0.4, 0.5) is 9.59 Å². The Balaban J connectivity index is 1.46. The summed E-state index contributed by atoms with van der Waals surface area (Å²) >= 11 is 13.2. The molecule has 1 aliphatic carbocycles. The van der Waals surface area contributed by atoms with Crippen LogP contribution in [0.5, 0.6) is 0 Å². The van der Waals surface area contributed by atoms with Gasteiger partial charge < -0.3 is 24.4 Å². The number of nitrogens with zero attached hydrogens (tertiary/aromatic N) is 5. The highest BCUT2D eigenvalue weighted by Crippen LogP contribution is 2.53. The molecule has 4 atom stereocenters. The van der Waals surface area contributed by atoms with Crippen LogP contribution < -0.4 is 5.32 Å². The van der Waals surface area contributed by atoms with Crippen LogP contribution in [0.1, 0.15) is 76.0 Å². The van der Waals surface area contributed by atoms with Crippen molar-refractivity contribution in [2.24, 2.45) is 5.92 Å². The third-order valence-electron chi connectivity index (χ3n) is 10.2. The molecule has 0 radical (unpaired) electrons. The van der Waals surface area contributed by atoms with E-state index in [-0.39, 0.29) is 36.2 Å². The van der Waals surface area contributed by atoms with E-state index in [9.17, 15) is 14.9 Å². The molecule has 250 valence electrons. The third-order valence-corrected chi connectivity index (χ3v) is 11.0. The second-order valence-electron chi connectivity index (χ2n) is 14.3. The summed E-state index contributed by atoms with van der Waals surface area (Å²) in [6.07, 6.45) is 2.35. The van der Waals surface area contributed by atoms with Crippen LogP contribution in [0.15, 0.2) is 36.4 Å². The lowest BCUT2D eigenvalue weighted by atomic mass is 9.79. The van der Waals surface area contributed by atoms with Gasteiger partial charge >= 0.3 is 12.1 Å². The smallest absolute Gasteiger partial charge is 0.410 e. The van der Waals surface area contributed by atoms with Gasteiger partial charge in [0.2, 0.25) is 0 Å². The van der Waals surface area contributed by atoms with Crippen molar-refractivity contribution >= 4 is 57.1 Å². The molecule has 3 aliphatic heterocycles. The summed E-state index contributed by atoms with van der Waals surface area (Å²) in [6, 6.07) is 14.0. The van der Waals surface area contributed by atoms with Gasteiger partial charge in [0, 0.05) is 59.7 Å². The van der Waals surface area contributed by atoms with E-state index in [2.05, 4.69) is 41.1 Å². The predicted octanol–water partition coefficient (Wildman–Crippen LogP) is 8.58. The first kappa shape index (κ1) is 32.5. The molecular formula is C37H40Cl2N6O3. The molecule has 48 heavy (non-hydrogen) atoms. The van der Waals surface area contributed by atoms with E-state index in [1.807, 2.05) is 49.6 Å². The van der Waals surface area contributed by atoms with Crippen molar-refractivity contribution in [3.05, 3.63) is 63.4 Å². The minimum absolute atomic E-state index is 0.00919. The fourth-order valence-electron chi connectivity index (χ4n) is 7.93. The molecule has 2 bridgehead atoms. The van der Waals surface area contributed by atoms with E-state index in [1.54, 1.807) is 6.07 Å². The monoisotopic (exact) mass is 686 g/mol. The van der Waals surface area contributed by atoms with Crippen molar-refractivity contribution in [3.8, 4) is 17.2 Å². The first-order valence-corrected chi connectivity index (χ1v) is 17.5. The first-order valence-electron chi connectivity index (χ1n) is 16.7. The minimum Gasteiger partial charge on any atom is -0.444 e. The second kappa shape index (κ2) is 12.2. The van der Waals surface area contributed by atoms with Crippen molar-refractivity contribution in [2.75, 3.05) is 19.6 Å². The SMILES string of the molecule is Cc1nc2cc(-c3cccc(Cl)c3Cl)c(CCC#N)cc2c2c1cc([C@@H](C)N1CCCNC1=O)n2[C@H]1[C@@H]2C[C@H]1N(C(=O)OC(C)(C)C)C2. The Hall–Kier alpha value is -4.00. The number of urea groups is 1. The number of pyridine rings is 1. The predicted molar refractivity (Wildman–Crippen MR) is 188 cm³/mol. The molecular weight excluding hydrogens is 647 g/mol. The molecule has 2 aromatic carbocycles. The Bertz CT molecular complexity index is 2010. The van der Waals surface area contributed by atoms with Gasteiger partial charge in [0.25, 0.3) is 0 Å². The maximum atomic E-state index is 13.4. The Morgan fingerprint density at radius 1 is 1.19 bits per heavy atom. The average molecular weight is 688 g/mol. The number of carbonyl (C=O) groups excluding carboxylic acids is 2. The maximum absolute atomic E-state index is 13.4. The van der Waals surface area contributed by atoms with Gasteiger partial charge in [-0.2, -0.15) is 5.26 Å². The first-order chi connectivity index (χ1) is 22.9. The number of rotatable bonds is 6. The summed E-state index contributed by atoms with van der Waals surface area (Å²) in [4.78, 5) is 35.4. The molecule has 11 heteroatoms. The normalized spacial score (nSPS) is 21.3. The molecule has 1 saturated carbocycles. The summed E-state index contributed by atoms with van der Waals surface area (Å²) in [5, 5.41) is 15.5. The Labute approximate surface area is 290 Å². The lowest BCUT2D eigenvalue weighted by Gasteiger charge is -2.41. The number of benzene rings is 2. The van der Waals surface area contributed by atoms with E-state index >= 15 is 0 Å². The van der Waals surface area contributed by atoms with Gasteiger partial charge in [-0.15, -0.1) is 0 Å². The number of hydrogen-bond donors (Lipinski definition) is 1. The minimum atomic E-state index is -0.594. The molecule has 2 aromatic heterocycles. The molecule has 0 spiro atoms. The summed E-state index contributed by atoms with van der Waals surface area (Å²) in [7, 11) is 0. The summed E-state index contributed by atoms with van der Waals surface area (Å²) in [5.41, 5.74) is 5.80. The zero-order valence-corrected chi connectivity index (χ0v) is 29.5. The molecule has 1 N–H and O–H groups in total.